The summed E-state index contributed by atoms with van der Waals surface area (Å²) in [4.78, 5) is 20.5. The lowest BCUT2D eigenvalue weighted by Gasteiger charge is -2.01. The molecular weight excluding hydrogens is 184 g/mol. The first-order valence-corrected chi connectivity index (χ1v) is 4.63. The molecule has 80 valence electrons. The summed E-state index contributed by atoms with van der Waals surface area (Å²) in [6, 6.07) is 0. The maximum atomic E-state index is 10.4. The number of allylic oxidation sites excluding steroid dienone is 2. The van der Waals surface area contributed by atoms with Crippen LogP contribution >= 0.6 is 0 Å². The van der Waals surface area contributed by atoms with Gasteiger partial charge in [0.1, 0.15) is 0 Å². The Kier molecular flexibility index (Phi) is 6.45. The van der Waals surface area contributed by atoms with Gasteiger partial charge in [0, 0.05) is 6.42 Å². The zero-order chi connectivity index (χ0) is 11.0. The first kappa shape index (κ1) is 12.7. The standard InChI is InChI=1S/C10H16O4/c1-8(10(13)14)6-4-2-3-5-7-9(11)12/h2-3,8H,4-7H2,1H3,(H,11,12)(H,13,14). The van der Waals surface area contributed by atoms with Gasteiger partial charge in [-0.15, -0.1) is 0 Å². The molecule has 0 aromatic rings. The average molecular weight is 200 g/mol. The third-order valence-electron chi connectivity index (χ3n) is 1.88. The monoisotopic (exact) mass is 200 g/mol. The molecule has 0 rings (SSSR count). The normalized spacial score (nSPS) is 12.9. The summed E-state index contributed by atoms with van der Waals surface area (Å²) in [5, 5.41) is 16.9. The molecule has 0 aromatic heterocycles. The van der Waals surface area contributed by atoms with E-state index in [1.165, 1.54) is 0 Å². The predicted molar refractivity (Wildman–Crippen MR) is 52.0 cm³/mol. The van der Waals surface area contributed by atoms with Gasteiger partial charge >= 0.3 is 11.9 Å². The molecule has 0 saturated carbocycles. The van der Waals surface area contributed by atoms with Gasteiger partial charge in [-0.3, -0.25) is 9.59 Å². The molecule has 2 N–H and O–H groups in total. The second-order valence-electron chi connectivity index (χ2n) is 3.22. The Balaban J connectivity index is 3.44. The Hall–Kier alpha value is -1.32. The first-order chi connectivity index (χ1) is 6.54. The lowest BCUT2D eigenvalue weighted by atomic mass is 10.1. The molecule has 4 heteroatoms. The quantitative estimate of drug-likeness (QED) is 0.615. The van der Waals surface area contributed by atoms with Crippen LogP contribution in [0.1, 0.15) is 32.6 Å². The lowest BCUT2D eigenvalue weighted by molar-refractivity contribution is -0.141. The molecule has 0 radical (unpaired) electrons. The number of carbonyl (C=O) groups is 2. The number of carboxylic acids is 2. The molecule has 0 aliphatic rings. The first-order valence-electron chi connectivity index (χ1n) is 4.63. The van der Waals surface area contributed by atoms with Crippen LogP contribution in [0.5, 0.6) is 0 Å². The third-order valence-corrected chi connectivity index (χ3v) is 1.88. The summed E-state index contributed by atoms with van der Waals surface area (Å²) in [6.45, 7) is 1.66. The van der Waals surface area contributed by atoms with Crippen molar-refractivity contribution in [2.24, 2.45) is 5.92 Å². The van der Waals surface area contributed by atoms with Gasteiger partial charge in [-0.05, 0) is 19.3 Å². The molecule has 1 unspecified atom stereocenters. The highest BCUT2D eigenvalue weighted by molar-refractivity contribution is 5.69. The molecule has 14 heavy (non-hydrogen) atoms. The smallest absolute Gasteiger partial charge is 0.306 e. The van der Waals surface area contributed by atoms with E-state index in [9.17, 15) is 9.59 Å². The van der Waals surface area contributed by atoms with Crippen LogP contribution in [0.2, 0.25) is 0 Å². The van der Waals surface area contributed by atoms with E-state index in [4.69, 9.17) is 10.2 Å². The van der Waals surface area contributed by atoms with E-state index in [-0.39, 0.29) is 12.3 Å². The van der Waals surface area contributed by atoms with Crippen molar-refractivity contribution in [1.29, 1.82) is 0 Å². The zero-order valence-corrected chi connectivity index (χ0v) is 8.27. The van der Waals surface area contributed by atoms with Crippen molar-refractivity contribution >= 4 is 11.9 Å². The van der Waals surface area contributed by atoms with Crippen LogP contribution in [0.4, 0.5) is 0 Å². The van der Waals surface area contributed by atoms with E-state index in [0.717, 1.165) is 0 Å². The molecule has 0 aliphatic carbocycles. The van der Waals surface area contributed by atoms with E-state index in [0.29, 0.717) is 19.3 Å². The number of hydrogen-bond donors (Lipinski definition) is 2. The van der Waals surface area contributed by atoms with Crippen LogP contribution in [0.25, 0.3) is 0 Å². The number of aliphatic carboxylic acids is 2. The summed E-state index contributed by atoms with van der Waals surface area (Å²) in [5.74, 6) is -1.93. The second-order valence-corrected chi connectivity index (χ2v) is 3.22. The fourth-order valence-electron chi connectivity index (χ4n) is 0.912. The largest absolute Gasteiger partial charge is 0.481 e. The van der Waals surface area contributed by atoms with E-state index in [1.807, 2.05) is 6.08 Å². The van der Waals surface area contributed by atoms with Gasteiger partial charge in [0.15, 0.2) is 0 Å². The van der Waals surface area contributed by atoms with Gasteiger partial charge in [-0.2, -0.15) is 0 Å². The van der Waals surface area contributed by atoms with Crippen molar-refractivity contribution in [3.8, 4) is 0 Å². The molecule has 1 atom stereocenters. The molecule has 0 fully saturated rings. The van der Waals surface area contributed by atoms with Gasteiger partial charge in [-0.25, -0.2) is 0 Å². The lowest BCUT2D eigenvalue weighted by Crippen LogP contribution is -2.08. The van der Waals surface area contributed by atoms with Crippen LogP contribution in [0.3, 0.4) is 0 Å². The van der Waals surface area contributed by atoms with E-state index in [1.54, 1.807) is 13.0 Å². The number of hydrogen-bond acceptors (Lipinski definition) is 2. The van der Waals surface area contributed by atoms with Crippen LogP contribution in [0.15, 0.2) is 12.2 Å². The molecule has 0 saturated heterocycles. The molecule has 0 heterocycles. The maximum absolute atomic E-state index is 10.4. The second kappa shape index (κ2) is 7.12. The fraction of sp³-hybridized carbons (Fsp3) is 0.600. The van der Waals surface area contributed by atoms with E-state index >= 15 is 0 Å². The molecule has 0 aromatic carbocycles. The Bertz CT molecular complexity index is 220. The van der Waals surface area contributed by atoms with Crippen molar-refractivity contribution in [2.45, 2.75) is 32.6 Å². The minimum Gasteiger partial charge on any atom is -0.481 e. The van der Waals surface area contributed by atoms with Gasteiger partial charge in [0.2, 0.25) is 0 Å². The topological polar surface area (TPSA) is 74.6 Å². The average Bonchev–Trinajstić information content (AvgIpc) is 2.09. The Labute approximate surface area is 83.2 Å². The molecule has 4 nitrogen and oxygen atoms in total. The van der Waals surface area contributed by atoms with Crippen molar-refractivity contribution in [2.75, 3.05) is 0 Å². The third kappa shape index (κ3) is 7.34. The Morgan fingerprint density at radius 2 is 1.79 bits per heavy atom. The number of rotatable bonds is 7. The molecule has 0 spiro atoms. The molecule has 0 bridgehead atoms. The summed E-state index contributed by atoms with van der Waals surface area (Å²) in [5.41, 5.74) is 0. The summed E-state index contributed by atoms with van der Waals surface area (Å²) < 4.78 is 0. The molecule has 0 amide bonds. The van der Waals surface area contributed by atoms with Crippen LogP contribution in [0, 0.1) is 5.92 Å². The van der Waals surface area contributed by atoms with Crippen molar-refractivity contribution < 1.29 is 19.8 Å². The van der Waals surface area contributed by atoms with E-state index < -0.39 is 11.9 Å². The minimum absolute atomic E-state index is 0.130. The Morgan fingerprint density at radius 1 is 1.21 bits per heavy atom. The van der Waals surface area contributed by atoms with Gasteiger partial charge < -0.3 is 10.2 Å². The fourth-order valence-corrected chi connectivity index (χ4v) is 0.912. The van der Waals surface area contributed by atoms with Crippen molar-refractivity contribution in [1.82, 2.24) is 0 Å². The molecular formula is C10H16O4. The van der Waals surface area contributed by atoms with Crippen LogP contribution in [-0.4, -0.2) is 22.2 Å². The van der Waals surface area contributed by atoms with E-state index in [2.05, 4.69) is 0 Å². The Morgan fingerprint density at radius 3 is 2.29 bits per heavy atom. The zero-order valence-electron chi connectivity index (χ0n) is 8.27. The van der Waals surface area contributed by atoms with Crippen LogP contribution < -0.4 is 0 Å². The summed E-state index contributed by atoms with van der Waals surface area (Å²) >= 11 is 0. The SMILES string of the molecule is CC(CCC=CCCC(=O)O)C(=O)O. The van der Waals surface area contributed by atoms with Gasteiger partial charge in [0.05, 0.1) is 5.92 Å². The van der Waals surface area contributed by atoms with Crippen molar-refractivity contribution in [3.63, 3.8) is 0 Å². The van der Waals surface area contributed by atoms with Gasteiger partial charge in [0.25, 0.3) is 0 Å². The number of carboxylic acid groups (broad SMARTS) is 2. The summed E-state index contributed by atoms with van der Waals surface area (Å²) in [6.07, 6.45) is 5.54. The highest BCUT2D eigenvalue weighted by atomic mass is 16.4. The highest BCUT2D eigenvalue weighted by Gasteiger charge is 2.08. The van der Waals surface area contributed by atoms with Crippen molar-refractivity contribution in [3.05, 3.63) is 12.2 Å². The highest BCUT2D eigenvalue weighted by Crippen LogP contribution is 2.06. The van der Waals surface area contributed by atoms with Crippen LogP contribution in [-0.2, 0) is 9.59 Å². The van der Waals surface area contributed by atoms with Gasteiger partial charge in [-0.1, -0.05) is 19.1 Å². The minimum atomic E-state index is -0.812. The maximum Gasteiger partial charge on any atom is 0.306 e. The summed E-state index contributed by atoms with van der Waals surface area (Å²) in [7, 11) is 0. The molecule has 0 aliphatic heterocycles. The predicted octanol–water partition coefficient (Wildman–Crippen LogP) is 1.91.